The molecule has 0 aliphatic rings. The number of para-hydroxylation sites is 1. The number of halogens is 1. The van der Waals surface area contributed by atoms with Gasteiger partial charge >= 0.3 is 0 Å². The molecule has 3 aromatic rings. The van der Waals surface area contributed by atoms with Gasteiger partial charge in [-0.25, -0.2) is 4.39 Å². The van der Waals surface area contributed by atoms with Gasteiger partial charge in [-0.05, 0) is 29.8 Å². The molecule has 3 nitrogen and oxygen atoms in total. The Hall–Kier alpha value is -2.49. The van der Waals surface area contributed by atoms with Crippen LogP contribution >= 0.6 is 0 Å². The highest BCUT2D eigenvalue weighted by Gasteiger charge is 2.07. The summed E-state index contributed by atoms with van der Waals surface area (Å²) in [4.78, 5) is 0. The first-order chi connectivity index (χ1) is 9.33. The molecule has 0 radical (unpaired) electrons. The summed E-state index contributed by atoms with van der Waals surface area (Å²) in [5.74, 6) is 0.556. The van der Waals surface area contributed by atoms with E-state index in [-0.39, 0.29) is 5.82 Å². The molecule has 0 bridgehead atoms. The van der Waals surface area contributed by atoms with Gasteiger partial charge in [-0.2, -0.15) is 0 Å². The predicted molar refractivity (Wildman–Crippen MR) is 70.6 cm³/mol. The first-order valence-electron chi connectivity index (χ1n) is 6.02. The Kier molecular flexibility index (Phi) is 3.06. The van der Waals surface area contributed by atoms with Crippen LogP contribution < -0.4 is 0 Å². The fourth-order valence-electron chi connectivity index (χ4n) is 2.01. The number of benzene rings is 2. The third kappa shape index (κ3) is 2.52. The fourth-order valence-corrected chi connectivity index (χ4v) is 2.01. The van der Waals surface area contributed by atoms with Crippen LogP contribution in [-0.4, -0.2) is 14.8 Å². The standard InChI is InChI=1S/C15H12FN3/c16-13-6-4-5-12(9-13)10-15-18-17-11-19(15)14-7-2-1-3-8-14/h1-9,11H,10H2. The van der Waals surface area contributed by atoms with Crippen LogP contribution in [-0.2, 0) is 6.42 Å². The summed E-state index contributed by atoms with van der Waals surface area (Å²) in [5, 5.41) is 8.04. The SMILES string of the molecule is Fc1cccc(Cc2nncn2-c2ccccc2)c1. The number of aromatic nitrogens is 3. The molecule has 0 fully saturated rings. The first-order valence-corrected chi connectivity index (χ1v) is 6.02. The van der Waals surface area contributed by atoms with E-state index in [0.29, 0.717) is 6.42 Å². The van der Waals surface area contributed by atoms with Gasteiger partial charge in [-0.15, -0.1) is 10.2 Å². The molecule has 0 aliphatic heterocycles. The van der Waals surface area contributed by atoms with E-state index in [1.807, 2.05) is 41.0 Å². The quantitative estimate of drug-likeness (QED) is 0.718. The zero-order chi connectivity index (χ0) is 13.1. The molecule has 2 aromatic carbocycles. The molecule has 0 N–H and O–H groups in total. The molecular weight excluding hydrogens is 241 g/mol. The van der Waals surface area contributed by atoms with Crippen LogP contribution in [0.4, 0.5) is 4.39 Å². The van der Waals surface area contributed by atoms with E-state index in [4.69, 9.17) is 0 Å². The van der Waals surface area contributed by atoms with E-state index in [2.05, 4.69) is 10.2 Å². The van der Waals surface area contributed by atoms with Gasteiger partial charge < -0.3 is 0 Å². The molecule has 0 saturated heterocycles. The Morgan fingerprint density at radius 1 is 1.00 bits per heavy atom. The third-order valence-electron chi connectivity index (χ3n) is 2.90. The normalized spacial score (nSPS) is 10.6. The lowest BCUT2D eigenvalue weighted by molar-refractivity contribution is 0.625. The Morgan fingerprint density at radius 3 is 2.63 bits per heavy atom. The molecule has 0 saturated carbocycles. The highest BCUT2D eigenvalue weighted by Crippen LogP contribution is 2.13. The van der Waals surface area contributed by atoms with Crippen molar-refractivity contribution in [3.63, 3.8) is 0 Å². The van der Waals surface area contributed by atoms with Crippen LogP contribution in [0.15, 0.2) is 60.9 Å². The van der Waals surface area contributed by atoms with Crippen molar-refractivity contribution in [2.24, 2.45) is 0 Å². The molecule has 0 spiro atoms. The van der Waals surface area contributed by atoms with Gasteiger partial charge in [-0.3, -0.25) is 4.57 Å². The van der Waals surface area contributed by atoms with Crippen LogP contribution in [0, 0.1) is 5.82 Å². The molecule has 94 valence electrons. The van der Waals surface area contributed by atoms with E-state index in [9.17, 15) is 4.39 Å². The monoisotopic (exact) mass is 253 g/mol. The highest BCUT2D eigenvalue weighted by molar-refractivity contribution is 5.33. The summed E-state index contributed by atoms with van der Waals surface area (Å²) in [5.41, 5.74) is 1.88. The zero-order valence-corrected chi connectivity index (χ0v) is 10.2. The molecule has 1 heterocycles. The molecule has 0 atom stereocenters. The summed E-state index contributed by atoms with van der Waals surface area (Å²) in [6.45, 7) is 0. The number of hydrogen-bond acceptors (Lipinski definition) is 2. The van der Waals surface area contributed by atoms with Crippen molar-refractivity contribution in [3.05, 3.63) is 78.1 Å². The van der Waals surface area contributed by atoms with Crippen LogP contribution in [0.5, 0.6) is 0 Å². The fraction of sp³-hybridized carbons (Fsp3) is 0.0667. The van der Waals surface area contributed by atoms with Crippen LogP contribution in [0.3, 0.4) is 0 Å². The lowest BCUT2D eigenvalue weighted by atomic mass is 10.1. The van der Waals surface area contributed by atoms with Crippen molar-refractivity contribution in [2.45, 2.75) is 6.42 Å². The topological polar surface area (TPSA) is 30.7 Å². The molecule has 0 aliphatic carbocycles. The Morgan fingerprint density at radius 2 is 1.84 bits per heavy atom. The number of hydrogen-bond donors (Lipinski definition) is 0. The van der Waals surface area contributed by atoms with Crippen molar-refractivity contribution in [2.75, 3.05) is 0 Å². The van der Waals surface area contributed by atoms with Crippen LogP contribution in [0.2, 0.25) is 0 Å². The van der Waals surface area contributed by atoms with Crippen molar-refractivity contribution < 1.29 is 4.39 Å². The lowest BCUT2D eigenvalue weighted by Crippen LogP contribution is -2.01. The van der Waals surface area contributed by atoms with Gasteiger partial charge in [0.25, 0.3) is 0 Å². The molecule has 1 aromatic heterocycles. The van der Waals surface area contributed by atoms with Gasteiger partial charge in [0, 0.05) is 12.1 Å². The van der Waals surface area contributed by atoms with Crippen LogP contribution in [0.25, 0.3) is 5.69 Å². The summed E-state index contributed by atoms with van der Waals surface area (Å²) in [6, 6.07) is 16.4. The summed E-state index contributed by atoms with van der Waals surface area (Å²) >= 11 is 0. The van der Waals surface area contributed by atoms with E-state index in [1.54, 1.807) is 12.4 Å². The van der Waals surface area contributed by atoms with Crippen molar-refractivity contribution in [3.8, 4) is 5.69 Å². The lowest BCUT2D eigenvalue weighted by Gasteiger charge is -2.06. The smallest absolute Gasteiger partial charge is 0.141 e. The van der Waals surface area contributed by atoms with Gasteiger partial charge in [0.2, 0.25) is 0 Å². The number of rotatable bonds is 3. The predicted octanol–water partition coefficient (Wildman–Crippen LogP) is 3.00. The minimum absolute atomic E-state index is 0.233. The minimum atomic E-state index is -0.233. The van der Waals surface area contributed by atoms with Gasteiger partial charge in [-0.1, -0.05) is 30.3 Å². The first kappa shape index (κ1) is 11.6. The molecule has 0 amide bonds. The average molecular weight is 253 g/mol. The second kappa shape index (κ2) is 5.02. The van der Waals surface area contributed by atoms with Gasteiger partial charge in [0.15, 0.2) is 0 Å². The second-order valence-electron chi connectivity index (χ2n) is 4.26. The number of nitrogens with zero attached hydrogens (tertiary/aromatic N) is 3. The molecule has 0 unspecified atom stereocenters. The van der Waals surface area contributed by atoms with Crippen LogP contribution in [0.1, 0.15) is 11.4 Å². The van der Waals surface area contributed by atoms with Crippen molar-refractivity contribution >= 4 is 0 Å². The maximum atomic E-state index is 13.2. The largest absolute Gasteiger partial charge is 0.285 e. The molecule has 19 heavy (non-hydrogen) atoms. The van der Waals surface area contributed by atoms with E-state index in [1.165, 1.54) is 12.1 Å². The van der Waals surface area contributed by atoms with E-state index < -0.39 is 0 Å². The van der Waals surface area contributed by atoms with E-state index in [0.717, 1.165) is 17.1 Å². The van der Waals surface area contributed by atoms with Gasteiger partial charge in [0.1, 0.15) is 18.0 Å². The highest BCUT2D eigenvalue weighted by atomic mass is 19.1. The Balaban J connectivity index is 1.93. The van der Waals surface area contributed by atoms with Gasteiger partial charge in [0.05, 0.1) is 0 Å². The maximum Gasteiger partial charge on any atom is 0.141 e. The third-order valence-corrected chi connectivity index (χ3v) is 2.90. The Labute approximate surface area is 110 Å². The van der Waals surface area contributed by atoms with Crippen molar-refractivity contribution in [1.29, 1.82) is 0 Å². The summed E-state index contributed by atoms with van der Waals surface area (Å²) < 4.78 is 15.1. The maximum absolute atomic E-state index is 13.2. The summed E-state index contributed by atoms with van der Waals surface area (Å²) in [7, 11) is 0. The molecular formula is C15H12FN3. The average Bonchev–Trinajstić information content (AvgIpc) is 2.88. The molecule has 3 rings (SSSR count). The van der Waals surface area contributed by atoms with E-state index >= 15 is 0 Å². The summed E-state index contributed by atoms with van der Waals surface area (Å²) in [6.07, 6.45) is 2.22. The van der Waals surface area contributed by atoms with Crippen molar-refractivity contribution in [1.82, 2.24) is 14.8 Å². The second-order valence-corrected chi connectivity index (χ2v) is 4.26. The molecule has 4 heteroatoms. The zero-order valence-electron chi connectivity index (χ0n) is 10.2. The Bertz CT molecular complexity index is 677. The minimum Gasteiger partial charge on any atom is -0.285 e.